The number of nitrogens with zero attached hydrogens (tertiary/aromatic N) is 2. The Bertz CT molecular complexity index is 727. The van der Waals surface area contributed by atoms with Crippen molar-refractivity contribution in [3.8, 4) is 0 Å². The second kappa shape index (κ2) is 5.02. The van der Waals surface area contributed by atoms with Crippen molar-refractivity contribution in [2.24, 2.45) is 7.05 Å². The Kier molecular flexibility index (Phi) is 3.32. The van der Waals surface area contributed by atoms with Crippen LogP contribution in [0.3, 0.4) is 0 Å². The highest BCUT2D eigenvalue weighted by Gasteiger charge is 2.30. The Labute approximate surface area is 124 Å². The van der Waals surface area contributed by atoms with Crippen molar-refractivity contribution >= 4 is 16.8 Å². The standard InChI is InChI=1S/C17H21N3O/c1-10(2)12-6-5-7-13-15(19-20(4)16(12)13)14-9-8-11(3)18-17(14)21/h5-7,10,14H,3,8-9H2,1-2,4H3,(H,18,21). The summed E-state index contributed by atoms with van der Waals surface area (Å²) in [4.78, 5) is 12.3. The van der Waals surface area contributed by atoms with E-state index < -0.39 is 0 Å². The molecule has 1 atom stereocenters. The number of amides is 1. The van der Waals surface area contributed by atoms with Crippen LogP contribution < -0.4 is 5.32 Å². The molecule has 0 saturated carbocycles. The molecular formula is C17H21N3O. The fourth-order valence-corrected chi connectivity index (χ4v) is 3.15. The molecule has 1 fully saturated rings. The Morgan fingerprint density at radius 1 is 1.43 bits per heavy atom. The second-order valence-corrected chi connectivity index (χ2v) is 6.09. The number of benzene rings is 1. The largest absolute Gasteiger partial charge is 0.330 e. The number of carbonyl (C=O) groups excluding carboxylic acids is 1. The van der Waals surface area contributed by atoms with Gasteiger partial charge in [-0.15, -0.1) is 0 Å². The van der Waals surface area contributed by atoms with Crippen LogP contribution in [0.2, 0.25) is 0 Å². The van der Waals surface area contributed by atoms with Gasteiger partial charge in [-0.25, -0.2) is 0 Å². The number of hydrogen-bond donors (Lipinski definition) is 1. The molecule has 1 aromatic heterocycles. The van der Waals surface area contributed by atoms with Crippen LogP contribution in [0.4, 0.5) is 0 Å². The monoisotopic (exact) mass is 283 g/mol. The molecule has 1 amide bonds. The lowest BCUT2D eigenvalue weighted by Gasteiger charge is -2.22. The molecule has 1 unspecified atom stereocenters. The zero-order chi connectivity index (χ0) is 15.1. The van der Waals surface area contributed by atoms with E-state index in [2.05, 4.69) is 49.0 Å². The number of rotatable bonds is 2. The quantitative estimate of drug-likeness (QED) is 0.920. The summed E-state index contributed by atoms with van der Waals surface area (Å²) in [5.74, 6) is 0.264. The third-order valence-corrected chi connectivity index (χ3v) is 4.23. The molecule has 1 aliphatic heterocycles. The summed E-state index contributed by atoms with van der Waals surface area (Å²) >= 11 is 0. The third kappa shape index (κ3) is 2.24. The summed E-state index contributed by atoms with van der Waals surface area (Å²) in [5, 5.41) is 8.61. The van der Waals surface area contributed by atoms with Gasteiger partial charge >= 0.3 is 0 Å². The van der Waals surface area contributed by atoms with Crippen molar-refractivity contribution in [1.82, 2.24) is 15.1 Å². The zero-order valence-corrected chi connectivity index (χ0v) is 12.8. The smallest absolute Gasteiger partial charge is 0.233 e. The first-order chi connectivity index (χ1) is 9.99. The van der Waals surface area contributed by atoms with E-state index >= 15 is 0 Å². The number of aryl methyl sites for hydroxylation is 1. The van der Waals surface area contributed by atoms with Crippen LogP contribution in [0.15, 0.2) is 30.5 Å². The first-order valence-corrected chi connectivity index (χ1v) is 7.43. The highest BCUT2D eigenvalue weighted by molar-refractivity contribution is 5.93. The van der Waals surface area contributed by atoms with E-state index in [1.165, 1.54) is 5.56 Å². The van der Waals surface area contributed by atoms with Crippen LogP contribution in [0.1, 0.15) is 49.8 Å². The predicted octanol–water partition coefficient (Wildman–Crippen LogP) is 3.20. The van der Waals surface area contributed by atoms with E-state index in [-0.39, 0.29) is 11.8 Å². The maximum atomic E-state index is 12.3. The molecule has 0 spiro atoms. The predicted molar refractivity (Wildman–Crippen MR) is 84.1 cm³/mol. The number of aromatic nitrogens is 2. The molecule has 4 heteroatoms. The van der Waals surface area contributed by atoms with Crippen molar-refractivity contribution in [2.75, 3.05) is 0 Å². The first kappa shape index (κ1) is 13.9. The maximum absolute atomic E-state index is 12.3. The van der Waals surface area contributed by atoms with Gasteiger partial charge in [0.05, 0.1) is 17.1 Å². The molecule has 2 aromatic rings. The maximum Gasteiger partial charge on any atom is 0.233 e. The molecule has 0 bridgehead atoms. The minimum Gasteiger partial charge on any atom is -0.330 e. The lowest BCUT2D eigenvalue weighted by molar-refractivity contribution is -0.122. The number of allylic oxidation sites excluding steroid dienone is 1. The topological polar surface area (TPSA) is 46.9 Å². The van der Waals surface area contributed by atoms with E-state index in [1.54, 1.807) is 0 Å². The second-order valence-electron chi connectivity index (χ2n) is 6.09. The molecule has 1 N–H and O–H groups in total. The van der Waals surface area contributed by atoms with Crippen molar-refractivity contribution in [1.29, 1.82) is 0 Å². The van der Waals surface area contributed by atoms with E-state index in [4.69, 9.17) is 0 Å². The average Bonchev–Trinajstić information content (AvgIpc) is 2.76. The van der Waals surface area contributed by atoms with Crippen molar-refractivity contribution in [2.45, 2.75) is 38.5 Å². The lowest BCUT2D eigenvalue weighted by Crippen LogP contribution is -2.33. The Morgan fingerprint density at radius 3 is 2.86 bits per heavy atom. The van der Waals surface area contributed by atoms with Gasteiger partial charge in [-0.1, -0.05) is 38.6 Å². The fraction of sp³-hybridized carbons (Fsp3) is 0.412. The number of para-hydroxylation sites is 1. The van der Waals surface area contributed by atoms with Gasteiger partial charge in [-0.3, -0.25) is 9.48 Å². The molecule has 3 rings (SSSR count). The van der Waals surface area contributed by atoms with Gasteiger partial charge in [-0.2, -0.15) is 5.10 Å². The molecule has 4 nitrogen and oxygen atoms in total. The fourth-order valence-electron chi connectivity index (χ4n) is 3.15. The van der Waals surface area contributed by atoms with Crippen LogP contribution in [-0.4, -0.2) is 15.7 Å². The van der Waals surface area contributed by atoms with Gasteiger partial charge in [0.2, 0.25) is 5.91 Å². The van der Waals surface area contributed by atoms with E-state index in [0.717, 1.165) is 35.1 Å². The minimum absolute atomic E-state index is 0.0150. The number of fused-ring (bicyclic) bond motifs is 1. The van der Waals surface area contributed by atoms with E-state index in [9.17, 15) is 4.79 Å². The Balaban J connectivity index is 2.14. The summed E-state index contributed by atoms with van der Waals surface area (Å²) in [6.45, 7) is 8.20. The summed E-state index contributed by atoms with van der Waals surface area (Å²) < 4.78 is 1.91. The molecule has 0 aliphatic carbocycles. The van der Waals surface area contributed by atoms with E-state index in [0.29, 0.717) is 5.92 Å². The van der Waals surface area contributed by atoms with Gasteiger partial charge in [0.15, 0.2) is 0 Å². The zero-order valence-electron chi connectivity index (χ0n) is 12.8. The molecule has 110 valence electrons. The van der Waals surface area contributed by atoms with Crippen molar-refractivity contribution in [3.05, 3.63) is 41.7 Å². The van der Waals surface area contributed by atoms with Crippen LogP contribution in [-0.2, 0) is 11.8 Å². The highest BCUT2D eigenvalue weighted by Crippen LogP contribution is 2.34. The van der Waals surface area contributed by atoms with Crippen LogP contribution in [0, 0.1) is 0 Å². The first-order valence-electron chi connectivity index (χ1n) is 7.43. The highest BCUT2D eigenvalue weighted by atomic mass is 16.2. The van der Waals surface area contributed by atoms with Crippen LogP contribution in [0.25, 0.3) is 10.9 Å². The summed E-state index contributed by atoms with van der Waals surface area (Å²) in [5.41, 5.74) is 4.11. The molecular weight excluding hydrogens is 262 g/mol. The lowest BCUT2D eigenvalue weighted by atomic mass is 9.91. The van der Waals surface area contributed by atoms with E-state index in [1.807, 2.05) is 11.7 Å². The van der Waals surface area contributed by atoms with Crippen LogP contribution >= 0.6 is 0 Å². The molecule has 1 aromatic carbocycles. The van der Waals surface area contributed by atoms with Crippen molar-refractivity contribution in [3.63, 3.8) is 0 Å². The number of carbonyl (C=O) groups is 1. The van der Waals surface area contributed by atoms with Crippen LogP contribution in [0.5, 0.6) is 0 Å². The minimum atomic E-state index is -0.179. The normalized spacial score (nSPS) is 19.3. The third-order valence-electron chi connectivity index (χ3n) is 4.23. The SMILES string of the molecule is C=C1CCC(c2nn(C)c3c(C(C)C)cccc23)C(=O)N1. The average molecular weight is 283 g/mol. The molecule has 2 heterocycles. The van der Waals surface area contributed by atoms with Gasteiger partial charge in [0.1, 0.15) is 0 Å². The van der Waals surface area contributed by atoms with Gasteiger partial charge in [0.25, 0.3) is 0 Å². The van der Waals surface area contributed by atoms with Gasteiger partial charge in [0, 0.05) is 18.1 Å². The Hall–Kier alpha value is -2.10. The van der Waals surface area contributed by atoms with Gasteiger partial charge < -0.3 is 5.32 Å². The number of hydrogen-bond acceptors (Lipinski definition) is 2. The molecule has 1 saturated heterocycles. The van der Waals surface area contributed by atoms with Crippen molar-refractivity contribution < 1.29 is 4.79 Å². The number of nitrogens with one attached hydrogen (secondary N) is 1. The number of piperidine rings is 1. The summed E-state index contributed by atoms with van der Waals surface area (Å²) in [7, 11) is 1.96. The summed E-state index contributed by atoms with van der Waals surface area (Å²) in [6.07, 6.45) is 1.60. The summed E-state index contributed by atoms with van der Waals surface area (Å²) in [6, 6.07) is 6.27. The molecule has 21 heavy (non-hydrogen) atoms. The van der Waals surface area contributed by atoms with Gasteiger partial charge in [-0.05, 0) is 24.3 Å². The molecule has 0 radical (unpaired) electrons. The Morgan fingerprint density at radius 2 is 2.19 bits per heavy atom. The molecule has 1 aliphatic rings.